The van der Waals surface area contributed by atoms with Crippen molar-refractivity contribution < 1.29 is 9.90 Å². The molecule has 0 heterocycles. The molecule has 3 nitrogen and oxygen atoms in total. The third-order valence-corrected chi connectivity index (χ3v) is 2.97. The Kier molecular flexibility index (Phi) is 5.29. The molecule has 0 saturated heterocycles. The fourth-order valence-electron chi connectivity index (χ4n) is 1.66. The van der Waals surface area contributed by atoms with E-state index in [1.807, 2.05) is 6.92 Å². The van der Waals surface area contributed by atoms with Crippen molar-refractivity contribution in [2.75, 3.05) is 19.0 Å². The summed E-state index contributed by atoms with van der Waals surface area (Å²) in [5, 5.41) is 9.86. The van der Waals surface area contributed by atoms with Crippen LogP contribution in [0.5, 0.6) is 5.75 Å². The Morgan fingerprint density at radius 1 is 1.47 bits per heavy atom. The number of carbonyl (C=O) groups is 1. The lowest BCUT2D eigenvalue weighted by molar-refractivity contribution is 0.0761. The average Bonchev–Trinajstić information content (AvgIpc) is 2.33. The number of halogens is 1. The first-order valence-corrected chi connectivity index (χ1v) is 6.29. The van der Waals surface area contributed by atoms with Crippen LogP contribution in [0.15, 0.2) is 18.2 Å². The molecule has 0 aromatic heterocycles. The number of carbonyl (C=O) groups excluding carboxylic acids is 1. The van der Waals surface area contributed by atoms with Gasteiger partial charge in [0.05, 0.1) is 5.56 Å². The Labute approximate surface area is 107 Å². The zero-order valence-corrected chi connectivity index (χ0v) is 11.0. The van der Waals surface area contributed by atoms with Crippen molar-refractivity contribution in [2.24, 2.45) is 0 Å². The van der Waals surface area contributed by atoms with Crippen molar-refractivity contribution in [3.8, 4) is 5.75 Å². The third kappa shape index (κ3) is 3.37. The Hall–Kier alpha value is -1.22. The standard InChI is InChI=1S/C13H18ClNO2/c1-3-15(9-5-8-14)13(17)11-7-4-6-10(2)12(11)16/h4,6-7,16H,3,5,8-9H2,1-2H3. The summed E-state index contributed by atoms with van der Waals surface area (Å²) in [5.74, 6) is 0.462. The van der Waals surface area contributed by atoms with Gasteiger partial charge in [0.1, 0.15) is 5.75 Å². The number of benzene rings is 1. The van der Waals surface area contributed by atoms with Gasteiger partial charge in [-0.15, -0.1) is 11.6 Å². The van der Waals surface area contributed by atoms with E-state index in [0.717, 1.165) is 6.42 Å². The van der Waals surface area contributed by atoms with Crippen molar-refractivity contribution in [1.29, 1.82) is 0 Å². The van der Waals surface area contributed by atoms with Crippen molar-refractivity contribution >= 4 is 17.5 Å². The number of rotatable bonds is 5. The Morgan fingerprint density at radius 3 is 2.76 bits per heavy atom. The van der Waals surface area contributed by atoms with Crippen LogP contribution in [-0.2, 0) is 0 Å². The molecule has 1 aromatic carbocycles. The number of phenols is 1. The second-order valence-corrected chi connectivity index (χ2v) is 4.28. The number of aromatic hydroxyl groups is 1. The van der Waals surface area contributed by atoms with E-state index in [4.69, 9.17) is 11.6 Å². The van der Waals surface area contributed by atoms with Crippen LogP contribution in [0.1, 0.15) is 29.3 Å². The van der Waals surface area contributed by atoms with E-state index in [-0.39, 0.29) is 11.7 Å². The quantitative estimate of drug-likeness (QED) is 0.822. The van der Waals surface area contributed by atoms with E-state index in [0.29, 0.717) is 30.1 Å². The molecule has 0 spiro atoms. The molecule has 0 bridgehead atoms. The van der Waals surface area contributed by atoms with E-state index in [2.05, 4.69) is 0 Å². The molecule has 0 radical (unpaired) electrons. The second-order valence-electron chi connectivity index (χ2n) is 3.90. The first-order valence-electron chi connectivity index (χ1n) is 5.75. The van der Waals surface area contributed by atoms with Crippen molar-refractivity contribution in [3.63, 3.8) is 0 Å². The molecule has 4 heteroatoms. The van der Waals surface area contributed by atoms with Gasteiger partial charge in [-0.3, -0.25) is 4.79 Å². The van der Waals surface area contributed by atoms with Gasteiger partial charge in [0, 0.05) is 19.0 Å². The Balaban J connectivity index is 2.90. The minimum Gasteiger partial charge on any atom is -0.507 e. The summed E-state index contributed by atoms with van der Waals surface area (Å²) in [5.41, 5.74) is 1.07. The summed E-state index contributed by atoms with van der Waals surface area (Å²) < 4.78 is 0. The van der Waals surface area contributed by atoms with E-state index in [1.165, 1.54) is 0 Å². The van der Waals surface area contributed by atoms with Crippen molar-refractivity contribution in [2.45, 2.75) is 20.3 Å². The minimum absolute atomic E-state index is 0.0711. The third-order valence-electron chi connectivity index (χ3n) is 2.70. The normalized spacial score (nSPS) is 10.3. The van der Waals surface area contributed by atoms with E-state index < -0.39 is 0 Å². The molecule has 1 amide bonds. The predicted molar refractivity (Wildman–Crippen MR) is 69.8 cm³/mol. The molecular weight excluding hydrogens is 238 g/mol. The lowest BCUT2D eigenvalue weighted by atomic mass is 10.1. The highest BCUT2D eigenvalue weighted by atomic mass is 35.5. The van der Waals surface area contributed by atoms with Crippen molar-refractivity contribution in [1.82, 2.24) is 4.90 Å². The van der Waals surface area contributed by atoms with E-state index in [9.17, 15) is 9.90 Å². The van der Waals surface area contributed by atoms with Gasteiger partial charge in [0.15, 0.2) is 0 Å². The van der Waals surface area contributed by atoms with Crippen LogP contribution in [0.2, 0.25) is 0 Å². The van der Waals surface area contributed by atoms with Gasteiger partial charge in [0.25, 0.3) is 5.91 Å². The molecule has 0 unspecified atom stereocenters. The van der Waals surface area contributed by atoms with Crippen LogP contribution in [0, 0.1) is 6.92 Å². The highest BCUT2D eigenvalue weighted by molar-refractivity contribution is 6.17. The molecule has 0 atom stereocenters. The second kappa shape index (κ2) is 6.50. The zero-order chi connectivity index (χ0) is 12.8. The van der Waals surface area contributed by atoms with Crippen LogP contribution < -0.4 is 0 Å². The zero-order valence-electron chi connectivity index (χ0n) is 10.2. The maximum atomic E-state index is 12.2. The minimum atomic E-state index is -0.140. The highest BCUT2D eigenvalue weighted by Gasteiger charge is 2.17. The first-order chi connectivity index (χ1) is 8.11. The molecule has 0 saturated carbocycles. The maximum Gasteiger partial charge on any atom is 0.257 e. The topological polar surface area (TPSA) is 40.5 Å². The number of hydrogen-bond donors (Lipinski definition) is 1. The summed E-state index contributed by atoms with van der Waals surface area (Å²) >= 11 is 5.62. The van der Waals surface area contributed by atoms with Gasteiger partial charge in [-0.25, -0.2) is 0 Å². The maximum absolute atomic E-state index is 12.2. The number of aryl methyl sites for hydroxylation is 1. The summed E-state index contributed by atoms with van der Waals surface area (Å²) in [6.45, 7) is 4.93. The fraction of sp³-hybridized carbons (Fsp3) is 0.462. The van der Waals surface area contributed by atoms with Gasteiger partial charge < -0.3 is 10.0 Å². The summed E-state index contributed by atoms with van der Waals surface area (Å²) in [6, 6.07) is 5.20. The summed E-state index contributed by atoms with van der Waals surface area (Å²) in [4.78, 5) is 13.9. The summed E-state index contributed by atoms with van der Waals surface area (Å²) in [7, 11) is 0. The molecule has 0 fully saturated rings. The van der Waals surface area contributed by atoms with Crippen LogP contribution in [0.3, 0.4) is 0 Å². The number of alkyl halides is 1. The molecular formula is C13H18ClNO2. The number of para-hydroxylation sites is 1. The molecule has 0 aliphatic rings. The summed E-state index contributed by atoms with van der Waals surface area (Å²) in [6.07, 6.45) is 0.758. The molecule has 1 rings (SSSR count). The average molecular weight is 256 g/mol. The molecule has 94 valence electrons. The van der Waals surface area contributed by atoms with Gasteiger partial charge in [-0.05, 0) is 31.9 Å². The van der Waals surface area contributed by atoms with E-state index >= 15 is 0 Å². The van der Waals surface area contributed by atoms with Gasteiger partial charge >= 0.3 is 0 Å². The van der Waals surface area contributed by atoms with Crippen molar-refractivity contribution in [3.05, 3.63) is 29.3 Å². The SMILES string of the molecule is CCN(CCCCl)C(=O)c1cccc(C)c1O. The smallest absolute Gasteiger partial charge is 0.257 e. The first kappa shape index (κ1) is 13.8. The molecule has 0 aliphatic carbocycles. The lowest BCUT2D eigenvalue weighted by Gasteiger charge is -2.21. The fourth-order valence-corrected chi connectivity index (χ4v) is 1.78. The molecule has 17 heavy (non-hydrogen) atoms. The number of nitrogens with zero attached hydrogens (tertiary/aromatic N) is 1. The van der Waals surface area contributed by atoms with Crippen LogP contribution >= 0.6 is 11.6 Å². The van der Waals surface area contributed by atoms with Gasteiger partial charge in [0.2, 0.25) is 0 Å². The molecule has 1 aromatic rings. The van der Waals surface area contributed by atoms with Crippen LogP contribution in [0.25, 0.3) is 0 Å². The van der Waals surface area contributed by atoms with Gasteiger partial charge in [-0.2, -0.15) is 0 Å². The number of phenolic OH excluding ortho intramolecular Hbond substituents is 1. The van der Waals surface area contributed by atoms with Gasteiger partial charge in [-0.1, -0.05) is 12.1 Å². The largest absolute Gasteiger partial charge is 0.507 e. The highest BCUT2D eigenvalue weighted by Crippen LogP contribution is 2.22. The lowest BCUT2D eigenvalue weighted by Crippen LogP contribution is -2.32. The monoisotopic (exact) mass is 255 g/mol. The number of amides is 1. The molecule has 1 N–H and O–H groups in total. The Morgan fingerprint density at radius 2 is 2.18 bits per heavy atom. The van der Waals surface area contributed by atoms with Crippen LogP contribution in [0.4, 0.5) is 0 Å². The number of hydrogen-bond acceptors (Lipinski definition) is 2. The predicted octanol–water partition coefficient (Wildman–Crippen LogP) is 2.79. The van der Waals surface area contributed by atoms with E-state index in [1.54, 1.807) is 30.0 Å². The Bertz CT molecular complexity index is 393. The van der Waals surface area contributed by atoms with Crippen LogP contribution in [-0.4, -0.2) is 34.9 Å². The molecule has 0 aliphatic heterocycles.